The van der Waals surface area contributed by atoms with E-state index in [-0.39, 0.29) is 17.9 Å². The van der Waals surface area contributed by atoms with Crippen LogP contribution in [0.4, 0.5) is 0 Å². The van der Waals surface area contributed by atoms with E-state index in [1.54, 1.807) is 0 Å². The SMILES string of the molecule is CCCN(CC)CC1COC2(CC=C(C(C)(C)C)CC2(O)O)O1. The third-order valence-corrected chi connectivity index (χ3v) is 4.94. The Labute approximate surface area is 140 Å². The van der Waals surface area contributed by atoms with Crippen molar-refractivity contribution >= 4 is 0 Å². The van der Waals surface area contributed by atoms with Gasteiger partial charge in [-0.15, -0.1) is 0 Å². The highest BCUT2D eigenvalue weighted by molar-refractivity contribution is 5.20. The van der Waals surface area contributed by atoms with E-state index in [0.29, 0.717) is 13.0 Å². The van der Waals surface area contributed by atoms with Crippen LogP contribution in [0.15, 0.2) is 11.6 Å². The van der Waals surface area contributed by atoms with Crippen LogP contribution in [0.2, 0.25) is 0 Å². The second-order valence-corrected chi connectivity index (χ2v) is 7.87. The largest absolute Gasteiger partial charge is 0.361 e. The van der Waals surface area contributed by atoms with Crippen molar-refractivity contribution in [2.75, 3.05) is 26.2 Å². The molecule has 1 heterocycles. The molecule has 23 heavy (non-hydrogen) atoms. The molecule has 1 aliphatic carbocycles. The van der Waals surface area contributed by atoms with Crippen LogP contribution in [-0.2, 0) is 9.47 Å². The third kappa shape index (κ3) is 3.97. The van der Waals surface area contributed by atoms with Crippen molar-refractivity contribution in [2.45, 2.75) is 71.6 Å². The first-order valence-electron chi connectivity index (χ1n) is 8.82. The van der Waals surface area contributed by atoms with E-state index in [9.17, 15) is 10.2 Å². The molecule has 1 fully saturated rings. The monoisotopic (exact) mass is 327 g/mol. The highest BCUT2D eigenvalue weighted by Gasteiger charge is 2.59. The van der Waals surface area contributed by atoms with Gasteiger partial charge in [0.25, 0.3) is 0 Å². The highest BCUT2D eigenvalue weighted by atomic mass is 16.8. The number of aliphatic hydroxyl groups is 2. The van der Waals surface area contributed by atoms with Gasteiger partial charge in [-0.25, -0.2) is 0 Å². The molecule has 5 heteroatoms. The molecule has 0 aromatic carbocycles. The van der Waals surface area contributed by atoms with Gasteiger partial charge in [0.1, 0.15) is 0 Å². The molecule has 0 bridgehead atoms. The zero-order valence-corrected chi connectivity index (χ0v) is 15.3. The Morgan fingerprint density at radius 2 is 2.00 bits per heavy atom. The lowest BCUT2D eigenvalue weighted by Crippen LogP contribution is -2.58. The lowest BCUT2D eigenvalue weighted by atomic mass is 9.76. The molecule has 2 rings (SSSR count). The fraction of sp³-hybridized carbons (Fsp3) is 0.889. The van der Waals surface area contributed by atoms with Gasteiger partial charge in [0, 0.05) is 19.4 Å². The van der Waals surface area contributed by atoms with E-state index in [2.05, 4.69) is 45.6 Å². The molecule has 1 spiro atoms. The lowest BCUT2D eigenvalue weighted by molar-refractivity contribution is -0.357. The van der Waals surface area contributed by atoms with Crippen LogP contribution in [0.5, 0.6) is 0 Å². The minimum atomic E-state index is -1.99. The molecule has 2 N–H and O–H groups in total. The predicted molar refractivity (Wildman–Crippen MR) is 89.9 cm³/mol. The van der Waals surface area contributed by atoms with Gasteiger partial charge in [0.05, 0.1) is 12.7 Å². The smallest absolute Gasteiger partial charge is 0.227 e. The van der Waals surface area contributed by atoms with E-state index in [1.165, 1.54) is 0 Å². The average molecular weight is 327 g/mol. The van der Waals surface area contributed by atoms with Crippen LogP contribution in [0.3, 0.4) is 0 Å². The Bertz CT molecular complexity index is 441. The molecule has 0 aromatic heterocycles. The highest BCUT2D eigenvalue weighted by Crippen LogP contribution is 2.46. The zero-order valence-electron chi connectivity index (χ0n) is 15.3. The fourth-order valence-corrected chi connectivity index (χ4v) is 3.42. The molecule has 2 atom stereocenters. The summed E-state index contributed by atoms with van der Waals surface area (Å²) in [7, 11) is 0. The second kappa shape index (κ2) is 6.81. The first kappa shape index (κ1) is 18.9. The minimum absolute atomic E-state index is 0.0868. The van der Waals surface area contributed by atoms with Crippen molar-refractivity contribution in [1.29, 1.82) is 0 Å². The van der Waals surface area contributed by atoms with E-state index in [1.807, 2.05) is 0 Å². The summed E-state index contributed by atoms with van der Waals surface area (Å²) in [6.07, 6.45) is 3.56. The standard InChI is InChI=1S/C18H33NO4/c1-6-10-19(7-2)12-15-13-22-18(23-15)9-8-14(16(3,4)5)11-17(18,20)21/h8,15,20-21H,6-7,9-13H2,1-5H3. The van der Waals surface area contributed by atoms with E-state index < -0.39 is 11.6 Å². The molecule has 2 unspecified atom stereocenters. The van der Waals surface area contributed by atoms with Gasteiger partial charge in [0.2, 0.25) is 11.6 Å². The Hall–Kier alpha value is -0.460. The Morgan fingerprint density at radius 1 is 1.30 bits per heavy atom. The molecular formula is C18H33NO4. The number of ether oxygens (including phenoxy) is 2. The number of rotatable bonds is 5. The summed E-state index contributed by atoms with van der Waals surface area (Å²) >= 11 is 0. The van der Waals surface area contributed by atoms with Gasteiger partial charge in [-0.3, -0.25) is 0 Å². The molecule has 0 radical (unpaired) electrons. The lowest BCUT2D eigenvalue weighted by Gasteiger charge is -2.44. The van der Waals surface area contributed by atoms with Gasteiger partial charge in [-0.2, -0.15) is 0 Å². The van der Waals surface area contributed by atoms with Crippen LogP contribution in [-0.4, -0.2) is 59.0 Å². The molecule has 134 valence electrons. The predicted octanol–water partition coefficient (Wildman–Crippen LogP) is 2.28. The number of nitrogens with zero attached hydrogens (tertiary/aromatic N) is 1. The molecular weight excluding hydrogens is 294 g/mol. The van der Waals surface area contributed by atoms with Crippen molar-refractivity contribution in [1.82, 2.24) is 4.90 Å². The van der Waals surface area contributed by atoms with Gasteiger partial charge in [0.15, 0.2) is 0 Å². The van der Waals surface area contributed by atoms with Gasteiger partial charge in [-0.1, -0.05) is 46.3 Å². The van der Waals surface area contributed by atoms with Crippen LogP contribution in [0, 0.1) is 5.41 Å². The van der Waals surface area contributed by atoms with Crippen LogP contribution < -0.4 is 0 Å². The topological polar surface area (TPSA) is 62.2 Å². The summed E-state index contributed by atoms with van der Waals surface area (Å²) in [5.41, 5.74) is 0.946. The second-order valence-electron chi connectivity index (χ2n) is 7.87. The van der Waals surface area contributed by atoms with E-state index >= 15 is 0 Å². The van der Waals surface area contributed by atoms with Crippen molar-refractivity contribution in [3.05, 3.63) is 11.6 Å². The average Bonchev–Trinajstić information content (AvgIpc) is 2.85. The molecule has 0 amide bonds. The third-order valence-electron chi connectivity index (χ3n) is 4.94. The van der Waals surface area contributed by atoms with Crippen molar-refractivity contribution in [3.63, 3.8) is 0 Å². The minimum Gasteiger partial charge on any atom is -0.361 e. The number of hydrogen-bond donors (Lipinski definition) is 2. The summed E-state index contributed by atoms with van der Waals surface area (Å²) in [5, 5.41) is 21.2. The summed E-state index contributed by atoms with van der Waals surface area (Å²) in [4.78, 5) is 2.31. The van der Waals surface area contributed by atoms with Crippen LogP contribution in [0.1, 0.15) is 53.9 Å². The molecule has 2 aliphatic rings. The van der Waals surface area contributed by atoms with Crippen molar-refractivity contribution < 1.29 is 19.7 Å². The fourth-order valence-electron chi connectivity index (χ4n) is 3.42. The number of likely N-dealkylation sites (N-methyl/N-ethyl adjacent to an activating group) is 1. The number of hydrogen-bond acceptors (Lipinski definition) is 5. The quantitative estimate of drug-likeness (QED) is 0.599. The summed E-state index contributed by atoms with van der Waals surface area (Å²) < 4.78 is 11.8. The van der Waals surface area contributed by atoms with Gasteiger partial charge in [-0.05, 0) is 24.9 Å². The van der Waals surface area contributed by atoms with Gasteiger partial charge < -0.3 is 24.6 Å². The van der Waals surface area contributed by atoms with Gasteiger partial charge >= 0.3 is 0 Å². The van der Waals surface area contributed by atoms with Crippen LogP contribution in [0.25, 0.3) is 0 Å². The van der Waals surface area contributed by atoms with Crippen molar-refractivity contribution in [3.8, 4) is 0 Å². The molecule has 1 aliphatic heterocycles. The zero-order chi connectivity index (χ0) is 17.3. The molecule has 0 aromatic rings. The first-order chi connectivity index (χ1) is 10.6. The Balaban J connectivity index is 2.07. The Kier molecular flexibility index (Phi) is 5.58. The van der Waals surface area contributed by atoms with E-state index in [0.717, 1.165) is 31.6 Å². The maximum atomic E-state index is 10.6. The molecule has 0 saturated carbocycles. The van der Waals surface area contributed by atoms with E-state index in [4.69, 9.17) is 9.47 Å². The molecule has 1 saturated heterocycles. The van der Waals surface area contributed by atoms with Crippen molar-refractivity contribution in [2.24, 2.45) is 5.41 Å². The maximum absolute atomic E-state index is 10.6. The van der Waals surface area contributed by atoms with Crippen LogP contribution >= 0.6 is 0 Å². The molecule has 5 nitrogen and oxygen atoms in total. The summed E-state index contributed by atoms with van der Waals surface area (Å²) in [6.45, 7) is 13.7. The first-order valence-corrected chi connectivity index (χ1v) is 8.82. The maximum Gasteiger partial charge on any atom is 0.227 e. The summed E-state index contributed by atoms with van der Waals surface area (Å²) in [5.74, 6) is -3.31. The Morgan fingerprint density at radius 3 is 2.52 bits per heavy atom. The normalized spacial score (nSPS) is 31.0. The summed E-state index contributed by atoms with van der Waals surface area (Å²) in [6, 6.07) is 0.